The molecule has 0 N–H and O–H groups in total. The minimum absolute atomic E-state index is 0.0923. The van der Waals surface area contributed by atoms with Gasteiger partial charge in [-0.3, -0.25) is 4.79 Å². The molecule has 2 aromatic rings. The standard InChI is InChI=1S/C17H18BrClN2O3S/c1-12-10-13(18)4-9-16(12)21(3)17(22)11-20(2)25(23,24)15-7-5-14(19)6-8-15/h4-10H,11H2,1-3H3. The Morgan fingerprint density at radius 3 is 2.28 bits per heavy atom. The third-order valence-corrected chi connectivity index (χ3v) is 6.34. The molecule has 25 heavy (non-hydrogen) atoms. The summed E-state index contributed by atoms with van der Waals surface area (Å²) < 4.78 is 27.1. The molecule has 0 aliphatic carbocycles. The maximum absolute atomic E-state index is 12.6. The molecule has 134 valence electrons. The summed E-state index contributed by atoms with van der Waals surface area (Å²) in [6.07, 6.45) is 0. The number of hydrogen-bond donors (Lipinski definition) is 0. The summed E-state index contributed by atoms with van der Waals surface area (Å²) >= 11 is 9.17. The molecular formula is C17H18BrClN2O3S. The van der Waals surface area contributed by atoms with E-state index in [-0.39, 0.29) is 17.3 Å². The molecule has 0 spiro atoms. The Labute approximate surface area is 161 Å². The van der Waals surface area contributed by atoms with Crippen LogP contribution < -0.4 is 4.90 Å². The van der Waals surface area contributed by atoms with Crippen molar-refractivity contribution in [3.05, 3.63) is 57.5 Å². The van der Waals surface area contributed by atoms with Gasteiger partial charge in [-0.15, -0.1) is 0 Å². The predicted octanol–water partition coefficient (Wildman–Crippen LogP) is 3.69. The van der Waals surface area contributed by atoms with Gasteiger partial charge in [-0.1, -0.05) is 27.5 Å². The molecule has 0 fully saturated rings. The molecule has 2 aromatic carbocycles. The van der Waals surface area contributed by atoms with Gasteiger partial charge in [0.25, 0.3) is 0 Å². The Bertz CT molecular complexity index is 885. The van der Waals surface area contributed by atoms with Crippen molar-refractivity contribution >= 4 is 49.1 Å². The summed E-state index contributed by atoms with van der Waals surface area (Å²) in [5.41, 5.74) is 1.64. The first-order chi connectivity index (χ1) is 11.6. The van der Waals surface area contributed by atoms with Crippen LogP contribution in [-0.4, -0.2) is 39.3 Å². The van der Waals surface area contributed by atoms with Crippen molar-refractivity contribution in [3.8, 4) is 0 Å². The van der Waals surface area contributed by atoms with Gasteiger partial charge in [-0.2, -0.15) is 4.31 Å². The highest BCUT2D eigenvalue weighted by atomic mass is 79.9. The van der Waals surface area contributed by atoms with Crippen LogP contribution in [0.4, 0.5) is 5.69 Å². The molecule has 5 nitrogen and oxygen atoms in total. The minimum Gasteiger partial charge on any atom is -0.314 e. The number of halogens is 2. The highest BCUT2D eigenvalue weighted by Gasteiger charge is 2.25. The van der Waals surface area contributed by atoms with E-state index in [0.717, 1.165) is 20.0 Å². The van der Waals surface area contributed by atoms with Gasteiger partial charge in [0.2, 0.25) is 15.9 Å². The van der Waals surface area contributed by atoms with Gasteiger partial charge >= 0.3 is 0 Å². The van der Waals surface area contributed by atoms with E-state index < -0.39 is 10.0 Å². The monoisotopic (exact) mass is 444 g/mol. The lowest BCUT2D eigenvalue weighted by Gasteiger charge is -2.23. The molecule has 0 aliphatic rings. The molecule has 0 saturated heterocycles. The fourth-order valence-electron chi connectivity index (χ4n) is 2.30. The Hall–Kier alpha value is -1.41. The second kappa shape index (κ2) is 7.86. The first kappa shape index (κ1) is 19.9. The molecule has 1 amide bonds. The molecular weight excluding hydrogens is 428 g/mol. The van der Waals surface area contributed by atoms with Crippen molar-refractivity contribution in [2.75, 3.05) is 25.5 Å². The Kier molecular flexibility index (Phi) is 6.26. The second-order valence-corrected chi connectivity index (χ2v) is 9.00. The smallest absolute Gasteiger partial charge is 0.243 e. The Morgan fingerprint density at radius 2 is 1.72 bits per heavy atom. The van der Waals surface area contributed by atoms with Gasteiger partial charge in [0.15, 0.2) is 0 Å². The Balaban J connectivity index is 2.17. The number of carbonyl (C=O) groups is 1. The summed E-state index contributed by atoms with van der Waals surface area (Å²) in [6.45, 7) is 1.62. The van der Waals surface area contributed by atoms with Crippen molar-refractivity contribution in [1.82, 2.24) is 4.31 Å². The topological polar surface area (TPSA) is 57.7 Å². The summed E-state index contributed by atoms with van der Waals surface area (Å²) in [6, 6.07) is 11.4. The van der Waals surface area contributed by atoms with Crippen LogP contribution in [0.25, 0.3) is 0 Å². The number of benzene rings is 2. The largest absolute Gasteiger partial charge is 0.314 e. The van der Waals surface area contributed by atoms with Crippen molar-refractivity contribution in [1.29, 1.82) is 0 Å². The third-order valence-electron chi connectivity index (χ3n) is 3.77. The number of sulfonamides is 1. The van der Waals surface area contributed by atoms with Crippen molar-refractivity contribution < 1.29 is 13.2 Å². The average Bonchev–Trinajstić information content (AvgIpc) is 2.54. The average molecular weight is 446 g/mol. The first-order valence-electron chi connectivity index (χ1n) is 7.37. The zero-order valence-electron chi connectivity index (χ0n) is 14.0. The van der Waals surface area contributed by atoms with Crippen molar-refractivity contribution in [2.24, 2.45) is 0 Å². The van der Waals surface area contributed by atoms with Crippen LogP contribution in [0.3, 0.4) is 0 Å². The van der Waals surface area contributed by atoms with Crippen LogP contribution in [0, 0.1) is 6.92 Å². The minimum atomic E-state index is -3.76. The van der Waals surface area contributed by atoms with Gasteiger partial charge in [0.1, 0.15) is 0 Å². The van der Waals surface area contributed by atoms with Crippen LogP contribution in [-0.2, 0) is 14.8 Å². The number of aryl methyl sites for hydroxylation is 1. The zero-order valence-corrected chi connectivity index (χ0v) is 17.2. The first-order valence-corrected chi connectivity index (χ1v) is 9.98. The van der Waals surface area contributed by atoms with E-state index in [1.807, 2.05) is 25.1 Å². The SMILES string of the molecule is Cc1cc(Br)ccc1N(C)C(=O)CN(C)S(=O)(=O)c1ccc(Cl)cc1. The lowest BCUT2D eigenvalue weighted by molar-refractivity contribution is -0.118. The third kappa shape index (κ3) is 4.61. The van der Waals surface area contributed by atoms with Gasteiger partial charge in [0, 0.05) is 29.3 Å². The number of carbonyl (C=O) groups excluding carboxylic acids is 1. The molecule has 0 unspecified atom stereocenters. The molecule has 0 aromatic heterocycles. The van der Waals surface area contributed by atoms with Crippen LogP contribution in [0.15, 0.2) is 51.8 Å². The summed E-state index contributed by atoms with van der Waals surface area (Å²) in [5, 5.41) is 0.447. The molecule has 0 saturated carbocycles. The fraction of sp³-hybridized carbons (Fsp3) is 0.235. The molecule has 0 atom stereocenters. The van der Waals surface area contributed by atoms with E-state index in [1.54, 1.807) is 7.05 Å². The summed E-state index contributed by atoms with van der Waals surface area (Å²) in [4.78, 5) is 14.1. The van der Waals surface area contributed by atoms with Crippen LogP contribution in [0.2, 0.25) is 5.02 Å². The molecule has 0 radical (unpaired) electrons. The summed E-state index contributed by atoms with van der Waals surface area (Å²) in [5.74, 6) is -0.328. The molecule has 0 heterocycles. The van der Waals surface area contributed by atoms with E-state index >= 15 is 0 Å². The number of anilines is 1. The zero-order chi connectivity index (χ0) is 18.8. The Morgan fingerprint density at radius 1 is 1.12 bits per heavy atom. The fourth-order valence-corrected chi connectivity index (χ4v) is 4.02. The lowest BCUT2D eigenvalue weighted by atomic mass is 10.2. The second-order valence-electron chi connectivity index (χ2n) is 5.60. The summed E-state index contributed by atoms with van der Waals surface area (Å²) in [7, 11) is -0.758. The number of amides is 1. The molecule has 0 aliphatic heterocycles. The van der Waals surface area contributed by atoms with Crippen LogP contribution >= 0.6 is 27.5 Å². The van der Waals surface area contributed by atoms with Gasteiger partial charge in [-0.05, 0) is 55.0 Å². The van der Waals surface area contributed by atoms with Gasteiger partial charge in [-0.25, -0.2) is 8.42 Å². The molecule has 8 heteroatoms. The highest BCUT2D eigenvalue weighted by molar-refractivity contribution is 9.10. The quantitative estimate of drug-likeness (QED) is 0.705. The maximum Gasteiger partial charge on any atom is 0.243 e. The number of likely N-dealkylation sites (N-methyl/N-ethyl adjacent to an activating group) is 2. The number of hydrogen-bond acceptors (Lipinski definition) is 3. The lowest BCUT2D eigenvalue weighted by Crippen LogP contribution is -2.39. The van der Waals surface area contributed by atoms with E-state index in [2.05, 4.69) is 15.9 Å². The van der Waals surface area contributed by atoms with Gasteiger partial charge in [0.05, 0.1) is 11.4 Å². The maximum atomic E-state index is 12.6. The van der Waals surface area contributed by atoms with E-state index in [9.17, 15) is 13.2 Å². The van der Waals surface area contributed by atoms with Crippen LogP contribution in [0.1, 0.15) is 5.56 Å². The molecule has 0 bridgehead atoms. The van der Waals surface area contributed by atoms with Crippen molar-refractivity contribution in [3.63, 3.8) is 0 Å². The normalized spacial score (nSPS) is 11.6. The van der Waals surface area contributed by atoms with E-state index in [4.69, 9.17) is 11.6 Å². The highest BCUT2D eigenvalue weighted by Crippen LogP contribution is 2.23. The van der Waals surface area contributed by atoms with E-state index in [0.29, 0.717) is 5.02 Å². The van der Waals surface area contributed by atoms with Crippen molar-refractivity contribution in [2.45, 2.75) is 11.8 Å². The van der Waals surface area contributed by atoms with E-state index in [1.165, 1.54) is 36.2 Å². The predicted molar refractivity (Wildman–Crippen MR) is 104 cm³/mol. The van der Waals surface area contributed by atoms with Crippen LogP contribution in [0.5, 0.6) is 0 Å². The molecule has 2 rings (SSSR count). The van der Waals surface area contributed by atoms with Gasteiger partial charge < -0.3 is 4.90 Å². The number of nitrogens with zero attached hydrogens (tertiary/aromatic N) is 2. The number of rotatable bonds is 5.